The summed E-state index contributed by atoms with van der Waals surface area (Å²) < 4.78 is 60.3. The molecule has 2 aromatic carbocycles. The molecule has 0 fully saturated rings. The van der Waals surface area contributed by atoms with Gasteiger partial charge in [-0.05, 0) is 31.2 Å². The monoisotopic (exact) mass is 470 g/mol. The number of hydrogen-bond acceptors (Lipinski definition) is 7. The first-order valence-corrected chi connectivity index (χ1v) is 9.34. The molecular formula is C21H21F3N2O7. The molecule has 0 aromatic heterocycles. The number of benzene rings is 2. The van der Waals surface area contributed by atoms with Crippen molar-refractivity contribution in [2.45, 2.75) is 13.0 Å². The fraction of sp³-hybridized carbons (Fsp3) is 0.286. The van der Waals surface area contributed by atoms with Crippen LogP contribution < -0.4 is 24.8 Å². The smallest absolute Gasteiger partial charge is 0.339 e. The first-order chi connectivity index (χ1) is 15.6. The van der Waals surface area contributed by atoms with Crippen molar-refractivity contribution < 1.29 is 46.5 Å². The molecule has 0 unspecified atom stereocenters. The Morgan fingerprint density at radius 1 is 0.939 bits per heavy atom. The summed E-state index contributed by atoms with van der Waals surface area (Å²) in [6, 6.07) is 4.13. The molecule has 0 bridgehead atoms. The van der Waals surface area contributed by atoms with Crippen LogP contribution in [0.2, 0.25) is 0 Å². The van der Waals surface area contributed by atoms with E-state index in [-0.39, 0.29) is 22.8 Å². The van der Waals surface area contributed by atoms with Crippen molar-refractivity contribution in [3.8, 4) is 17.2 Å². The number of hydrogen-bond donors (Lipinski definition) is 2. The summed E-state index contributed by atoms with van der Waals surface area (Å²) in [7, 11) is 4.11. The third kappa shape index (κ3) is 6.05. The summed E-state index contributed by atoms with van der Waals surface area (Å²) in [5.74, 6) is -6.73. The Morgan fingerprint density at radius 3 is 2.09 bits per heavy atom. The molecule has 0 saturated heterocycles. The first-order valence-electron chi connectivity index (χ1n) is 9.34. The van der Waals surface area contributed by atoms with Crippen molar-refractivity contribution in [3.05, 3.63) is 47.3 Å². The predicted octanol–water partition coefficient (Wildman–Crippen LogP) is 2.43. The number of carbonyl (C=O) groups excluding carboxylic acids is 3. The Bertz CT molecular complexity index is 1040. The van der Waals surface area contributed by atoms with Gasteiger partial charge in [0.05, 0.1) is 39.1 Å². The van der Waals surface area contributed by atoms with Crippen LogP contribution in [0.5, 0.6) is 17.2 Å². The van der Waals surface area contributed by atoms with Gasteiger partial charge in [-0.2, -0.15) is 0 Å². The maximum absolute atomic E-state index is 13.6. The van der Waals surface area contributed by atoms with Gasteiger partial charge < -0.3 is 29.6 Å². The zero-order valence-corrected chi connectivity index (χ0v) is 18.1. The van der Waals surface area contributed by atoms with E-state index in [1.165, 1.54) is 40.4 Å². The Hall–Kier alpha value is -3.96. The van der Waals surface area contributed by atoms with E-state index in [9.17, 15) is 27.6 Å². The van der Waals surface area contributed by atoms with Crippen LogP contribution in [-0.2, 0) is 14.3 Å². The Balaban J connectivity index is 1.97. The lowest BCUT2D eigenvalue weighted by atomic mass is 10.2. The van der Waals surface area contributed by atoms with E-state index in [1.807, 2.05) is 5.32 Å². The predicted molar refractivity (Wildman–Crippen MR) is 109 cm³/mol. The van der Waals surface area contributed by atoms with Crippen LogP contribution in [0.1, 0.15) is 17.3 Å². The van der Waals surface area contributed by atoms with Crippen LogP contribution in [-0.4, -0.2) is 51.8 Å². The van der Waals surface area contributed by atoms with Crippen LogP contribution in [0.25, 0.3) is 0 Å². The fourth-order valence-electron chi connectivity index (χ4n) is 2.61. The molecule has 0 radical (unpaired) electrons. The van der Waals surface area contributed by atoms with E-state index in [1.54, 1.807) is 0 Å². The Kier molecular flexibility index (Phi) is 8.49. The second kappa shape index (κ2) is 11.1. The molecule has 0 saturated carbocycles. The molecule has 0 spiro atoms. The highest BCUT2D eigenvalue weighted by Crippen LogP contribution is 2.38. The molecule has 2 rings (SSSR count). The highest BCUT2D eigenvalue weighted by molar-refractivity contribution is 5.96. The van der Waals surface area contributed by atoms with Crippen LogP contribution in [0.15, 0.2) is 24.3 Å². The third-order valence-electron chi connectivity index (χ3n) is 4.29. The van der Waals surface area contributed by atoms with E-state index in [0.29, 0.717) is 6.07 Å². The van der Waals surface area contributed by atoms with E-state index in [4.69, 9.17) is 18.9 Å². The first kappa shape index (κ1) is 25.3. The van der Waals surface area contributed by atoms with E-state index in [0.717, 1.165) is 6.07 Å². The highest BCUT2D eigenvalue weighted by atomic mass is 19.2. The SMILES string of the molecule is COc1cc(C(=O)O[C@@H](C)C(=O)NCC(=O)Nc2ccc(F)c(F)c2F)cc(OC)c1OC. The van der Waals surface area contributed by atoms with E-state index in [2.05, 4.69) is 5.32 Å². The van der Waals surface area contributed by atoms with Gasteiger partial charge in [-0.3, -0.25) is 9.59 Å². The minimum atomic E-state index is -1.75. The van der Waals surface area contributed by atoms with E-state index < -0.39 is 53.6 Å². The summed E-state index contributed by atoms with van der Waals surface area (Å²) in [5, 5.41) is 4.17. The molecule has 0 heterocycles. The zero-order valence-electron chi connectivity index (χ0n) is 18.1. The van der Waals surface area contributed by atoms with Crippen molar-refractivity contribution in [2.24, 2.45) is 0 Å². The lowest BCUT2D eigenvalue weighted by Gasteiger charge is -2.16. The summed E-state index contributed by atoms with van der Waals surface area (Å²) in [5.41, 5.74) is -0.592. The number of ether oxygens (including phenoxy) is 4. The van der Waals surface area contributed by atoms with Crippen molar-refractivity contribution in [3.63, 3.8) is 0 Å². The summed E-state index contributed by atoms with van der Waals surface area (Å²) in [6.45, 7) is 0.613. The van der Waals surface area contributed by atoms with Gasteiger partial charge in [-0.15, -0.1) is 0 Å². The molecule has 2 amide bonds. The van der Waals surface area contributed by atoms with Crippen LogP contribution in [0.3, 0.4) is 0 Å². The van der Waals surface area contributed by atoms with Gasteiger partial charge in [-0.1, -0.05) is 0 Å². The van der Waals surface area contributed by atoms with Gasteiger partial charge in [0.2, 0.25) is 11.7 Å². The van der Waals surface area contributed by atoms with E-state index >= 15 is 0 Å². The van der Waals surface area contributed by atoms with Crippen LogP contribution >= 0.6 is 0 Å². The number of esters is 1. The lowest BCUT2D eigenvalue weighted by Crippen LogP contribution is -2.40. The van der Waals surface area contributed by atoms with Crippen molar-refractivity contribution in [1.29, 1.82) is 0 Å². The number of amides is 2. The van der Waals surface area contributed by atoms with Gasteiger partial charge in [0.15, 0.2) is 35.1 Å². The molecule has 12 heteroatoms. The number of nitrogens with one attached hydrogen (secondary N) is 2. The van der Waals surface area contributed by atoms with Crippen molar-refractivity contribution in [1.82, 2.24) is 5.32 Å². The number of halogens is 3. The minimum absolute atomic E-state index is 0.00991. The summed E-state index contributed by atoms with van der Waals surface area (Å²) in [6.07, 6.45) is -1.32. The molecule has 33 heavy (non-hydrogen) atoms. The van der Waals surface area contributed by atoms with Crippen LogP contribution in [0, 0.1) is 17.5 Å². The summed E-state index contributed by atoms with van der Waals surface area (Å²) >= 11 is 0. The van der Waals surface area contributed by atoms with Gasteiger partial charge in [0.25, 0.3) is 5.91 Å². The number of methoxy groups -OCH3 is 3. The van der Waals surface area contributed by atoms with Crippen molar-refractivity contribution >= 4 is 23.5 Å². The zero-order chi connectivity index (χ0) is 24.7. The van der Waals surface area contributed by atoms with Crippen LogP contribution in [0.4, 0.5) is 18.9 Å². The molecule has 1 atom stereocenters. The topological polar surface area (TPSA) is 112 Å². The maximum atomic E-state index is 13.6. The Morgan fingerprint density at radius 2 is 1.55 bits per heavy atom. The fourth-order valence-corrected chi connectivity index (χ4v) is 2.61. The second-order valence-corrected chi connectivity index (χ2v) is 6.45. The molecule has 178 valence electrons. The lowest BCUT2D eigenvalue weighted by molar-refractivity contribution is -0.130. The van der Waals surface area contributed by atoms with Crippen molar-refractivity contribution in [2.75, 3.05) is 33.2 Å². The Labute approximate surface area is 186 Å². The standard InChI is InChI=1S/C21H21F3N2O7/c1-10(33-21(29)11-7-14(30-2)19(32-4)15(8-11)31-3)20(28)25-9-16(27)26-13-6-5-12(22)17(23)18(13)24/h5-8,10H,9H2,1-4H3,(H,25,28)(H,26,27)/t10-/m0/s1. The second-order valence-electron chi connectivity index (χ2n) is 6.45. The molecule has 2 N–H and O–H groups in total. The molecule has 9 nitrogen and oxygen atoms in total. The largest absolute Gasteiger partial charge is 0.493 e. The van der Waals surface area contributed by atoms with Gasteiger partial charge in [-0.25, -0.2) is 18.0 Å². The minimum Gasteiger partial charge on any atom is -0.493 e. The third-order valence-corrected chi connectivity index (χ3v) is 4.29. The molecular weight excluding hydrogens is 449 g/mol. The molecule has 0 aliphatic carbocycles. The number of rotatable bonds is 9. The maximum Gasteiger partial charge on any atom is 0.339 e. The normalized spacial score (nSPS) is 11.2. The van der Waals surface area contributed by atoms with Gasteiger partial charge in [0, 0.05) is 0 Å². The highest BCUT2D eigenvalue weighted by Gasteiger charge is 2.23. The molecule has 2 aromatic rings. The average Bonchev–Trinajstić information content (AvgIpc) is 2.81. The number of carbonyl (C=O) groups is 3. The molecule has 0 aliphatic heterocycles. The molecule has 0 aliphatic rings. The number of anilines is 1. The van der Waals surface area contributed by atoms with Gasteiger partial charge in [0.1, 0.15) is 0 Å². The average molecular weight is 470 g/mol. The quantitative estimate of drug-likeness (QED) is 0.428. The summed E-state index contributed by atoms with van der Waals surface area (Å²) in [4.78, 5) is 36.5. The van der Waals surface area contributed by atoms with Gasteiger partial charge >= 0.3 is 5.97 Å².